The van der Waals surface area contributed by atoms with E-state index in [1.807, 2.05) is 17.0 Å². The highest BCUT2D eigenvalue weighted by atomic mass is 32.2. The Labute approximate surface area is 165 Å². The van der Waals surface area contributed by atoms with Crippen LogP contribution in [0.5, 0.6) is 0 Å². The maximum absolute atomic E-state index is 12.9. The monoisotopic (exact) mass is 403 g/mol. The minimum absolute atomic E-state index is 0.306. The number of nitrogens with zero attached hydrogens (tertiary/aromatic N) is 3. The zero-order valence-corrected chi connectivity index (χ0v) is 16.6. The first-order valence-corrected chi connectivity index (χ1v) is 11.3. The van der Waals surface area contributed by atoms with Crippen molar-refractivity contribution in [3.8, 4) is 0 Å². The Balaban J connectivity index is 1.60. The van der Waals surface area contributed by atoms with Gasteiger partial charge in [0.05, 0.1) is 16.3 Å². The number of aliphatic carboxylic acids is 1. The lowest BCUT2D eigenvalue weighted by Gasteiger charge is -2.31. The van der Waals surface area contributed by atoms with Gasteiger partial charge in [0, 0.05) is 31.6 Å². The Hall–Kier alpha value is -2.19. The number of piperidine rings is 2. The predicted molar refractivity (Wildman–Crippen MR) is 107 cm³/mol. The van der Waals surface area contributed by atoms with Gasteiger partial charge in [-0.1, -0.05) is 6.42 Å². The average Bonchev–Trinajstić information content (AvgIpc) is 2.73. The van der Waals surface area contributed by atoms with Gasteiger partial charge in [0.25, 0.3) is 0 Å². The maximum Gasteiger partial charge on any atom is 0.308 e. The molecule has 4 rings (SSSR count). The van der Waals surface area contributed by atoms with Gasteiger partial charge in [-0.15, -0.1) is 0 Å². The van der Waals surface area contributed by atoms with Gasteiger partial charge in [-0.3, -0.25) is 4.79 Å². The molecule has 1 aromatic heterocycles. The first-order chi connectivity index (χ1) is 13.4. The number of benzene rings is 1. The van der Waals surface area contributed by atoms with E-state index in [9.17, 15) is 18.3 Å². The van der Waals surface area contributed by atoms with Crippen molar-refractivity contribution in [2.75, 3.05) is 31.1 Å². The van der Waals surface area contributed by atoms with Crippen molar-refractivity contribution in [3.05, 3.63) is 30.3 Å². The van der Waals surface area contributed by atoms with Crippen LogP contribution < -0.4 is 4.90 Å². The fraction of sp³-hybridized carbons (Fsp3) is 0.500. The fourth-order valence-electron chi connectivity index (χ4n) is 4.07. The summed E-state index contributed by atoms with van der Waals surface area (Å²) in [5, 5.41) is 10.1. The van der Waals surface area contributed by atoms with Crippen LogP contribution in [-0.4, -0.2) is 55.0 Å². The zero-order chi connectivity index (χ0) is 19.7. The molecule has 0 bridgehead atoms. The molecule has 0 aliphatic carbocycles. The summed E-state index contributed by atoms with van der Waals surface area (Å²) in [5.74, 6) is -0.397. The summed E-state index contributed by atoms with van der Waals surface area (Å²) >= 11 is 0. The zero-order valence-electron chi connectivity index (χ0n) is 15.7. The first-order valence-electron chi connectivity index (χ1n) is 9.84. The molecule has 0 amide bonds. The lowest BCUT2D eigenvalue weighted by atomic mass is 9.98. The molecule has 1 N–H and O–H groups in total. The molecular formula is C20H25N3O4S. The van der Waals surface area contributed by atoms with Crippen molar-refractivity contribution >= 4 is 32.7 Å². The number of sulfonamides is 1. The van der Waals surface area contributed by atoms with Crippen LogP contribution in [0.4, 0.5) is 5.82 Å². The van der Waals surface area contributed by atoms with Crippen LogP contribution in [0, 0.1) is 5.92 Å². The van der Waals surface area contributed by atoms with Crippen LogP contribution in [0.1, 0.15) is 32.1 Å². The van der Waals surface area contributed by atoms with E-state index in [-0.39, 0.29) is 5.92 Å². The molecule has 0 saturated carbocycles. The molecule has 1 aromatic carbocycles. The lowest BCUT2D eigenvalue weighted by molar-refractivity contribution is -0.141. The summed E-state index contributed by atoms with van der Waals surface area (Å²) in [4.78, 5) is 18.3. The van der Waals surface area contributed by atoms with Crippen LogP contribution in [0.3, 0.4) is 0 Å². The number of anilines is 1. The van der Waals surface area contributed by atoms with Crippen molar-refractivity contribution in [1.82, 2.24) is 9.29 Å². The van der Waals surface area contributed by atoms with Gasteiger partial charge in [-0.25, -0.2) is 13.4 Å². The third-order valence-corrected chi connectivity index (χ3v) is 7.59. The Bertz CT molecular complexity index is 986. The third-order valence-electron chi connectivity index (χ3n) is 5.69. The second-order valence-electron chi connectivity index (χ2n) is 7.61. The molecular weight excluding hydrogens is 378 g/mol. The quantitative estimate of drug-likeness (QED) is 0.844. The molecule has 2 aromatic rings. The number of aromatic nitrogens is 1. The Morgan fingerprint density at radius 3 is 2.57 bits per heavy atom. The van der Waals surface area contributed by atoms with E-state index in [4.69, 9.17) is 0 Å². The minimum Gasteiger partial charge on any atom is -0.481 e. The van der Waals surface area contributed by atoms with E-state index in [1.54, 1.807) is 22.5 Å². The van der Waals surface area contributed by atoms with Crippen LogP contribution in [0.25, 0.3) is 10.9 Å². The van der Waals surface area contributed by atoms with Crippen LogP contribution in [0.15, 0.2) is 35.2 Å². The van der Waals surface area contributed by atoms with E-state index in [1.165, 1.54) is 0 Å². The van der Waals surface area contributed by atoms with Gasteiger partial charge < -0.3 is 10.0 Å². The van der Waals surface area contributed by atoms with Crippen molar-refractivity contribution in [2.45, 2.75) is 37.0 Å². The topological polar surface area (TPSA) is 90.8 Å². The largest absolute Gasteiger partial charge is 0.481 e. The molecule has 7 nitrogen and oxygen atoms in total. The lowest BCUT2D eigenvalue weighted by Crippen LogP contribution is -2.39. The Morgan fingerprint density at radius 2 is 1.82 bits per heavy atom. The van der Waals surface area contributed by atoms with Crippen LogP contribution in [0.2, 0.25) is 0 Å². The number of hydrogen-bond acceptors (Lipinski definition) is 5. The molecule has 0 radical (unpaired) electrons. The molecule has 28 heavy (non-hydrogen) atoms. The van der Waals surface area contributed by atoms with Crippen molar-refractivity contribution in [2.24, 2.45) is 5.92 Å². The van der Waals surface area contributed by atoms with Crippen molar-refractivity contribution < 1.29 is 18.3 Å². The normalized spacial score (nSPS) is 21.7. The summed E-state index contributed by atoms with van der Waals surface area (Å²) in [7, 11) is -3.47. The number of fused-ring (bicyclic) bond motifs is 1. The van der Waals surface area contributed by atoms with E-state index >= 15 is 0 Å². The van der Waals surface area contributed by atoms with Gasteiger partial charge in [0.2, 0.25) is 10.0 Å². The van der Waals surface area contributed by atoms with Gasteiger partial charge in [-0.2, -0.15) is 4.31 Å². The van der Waals surface area contributed by atoms with Gasteiger partial charge in [0.1, 0.15) is 5.82 Å². The molecule has 2 fully saturated rings. The highest BCUT2D eigenvalue weighted by Gasteiger charge is 2.27. The highest BCUT2D eigenvalue weighted by molar-refractivity contribution is 7.89. The number of hydrogen-bond donors (Lipinski definition) is 1. The Kier molecular flexibility index (Phi) is 5.25. The van der Waals surface area contributed by atoms with E-state index < -0.39 is 16.0 Å². The Morgan fingerprint density at radius 1 is 1.04 bits per heavy atom. The standard InChI is InChI=1S/C20H25N3O4S/c24-20(25)16-5-4-10-22(14-16)19-9-6-15-13-17(7-8-18(15)21-19)28(26,27)23-11-2-1-3-12-23/h6-9,13,16H,1-5,10-12,14H2,(H,24,25)/t16-/m1/s1. The summed E-state index contributed by atoms with van der Waals surface area (Å²) in [6, 6.07) is 8.78. The fourth-order valence-corrected chi connectivity index (χ4v) is 5.62. The minimum atomic E-state index is -3.47. The SMILES string of the molecule is O=C(O)[C@@H]1CCCN(c2ccc3cc(S(=O)(=O)N4CCCCC4)ccc3n2)C1. The van der Waals surface area contributed by atoms with Gasteiger partial charge >= 0.3 is 5.97 Å². The van der Waals surface area contributed by atoms with Crippen LogP contribution >= 0.6 is 0 Å². The molecule has 2 aliphatic rings. The molecule has 0 unspecified atom stereocenters. The van der Waals surface area contributed by atoms with Crippen molar-refractivity contribution in [3.63, 3.8) is 0 Å². The molecule has 150 valence electrons. The van der Waals surface area contributed by atoms with Crippen molar-refractivity contribution in [1.29, 1.82) is 0 Å². The first kappa shape index (κ1) is 19.1. The predicted octanol–water partition coefficient (Wildman–Crippen LogP) is 2.71. The number of carboxylic acids is 1. The van der Waals surface area contributed by atoms with E-state index in [0.29, 0.717) is 36.5 Å². The maximum atomic E-state index is 12.9. The summed E-state index contributed by atoms with van der Waals surface area (Å²) in [6.45, 7) is 2.40. The molecule has 1 atom stereocenters. The number of carboxylic acid groups (broad SMARTS) is 1. The average molecular weight is 404 g/mol. The summed E-state index contributed by atoms with van der Waals surface area (Å²) in [5.41, 5.74) is 0.715. The number of carbonyl (C=O) groups is 1. The molecule has 2 saturated heterocycles. The number of pyridine rings is 1. The molecule has 8 heteroatoms. The van der Waals surface area contributed by atoms with E-state index in [0.717, 1.165) is 43.4 Å². The highest BCUT2D eigenvalue weighted by Crippen LogP contribution is 2.27. The molecule has 3 heterocycles. The number of rotatable bonds is 4. The van der Waals surface area contributed by atoms with Crippen LogP contribution in [-0.2, 0) is 14.8 Å². The second kappa shape index (κ2) is 7.67. The molecule has 2 aliphatic heterocycles. The third kappa shape index (κ3) is 3.71. The summed E-state index contributed by atoms with van der Waals surface area (Å²) in [6.07, 6.45) is 4.41. The second-order valence-corrected chi connectivity index (χ2v) is 9.55. The van der Waals surface area contributed by atoms with Gasteiger partial charge in [0.15, 0.2) is 0 Å². The van der Waals surface area contributed by atoms with Gasteiger partial charge in [-0.05, 0) is 56.0 Å². The molecule has 0 spiro atoms. The van der Waals surface area contributed by atoms with E-state index in [2.05, 4.69) is 4.98 Å². The smallest absolute Gasteiger partial charge is 0.308 e. The summed E-state index contributed by atoms with van der Waals surface area (Å²) < 4.78 is 27.3.